The van der Waals surface area contributed by atoms with Crippen molar-refractivity contribution in [2.45, 2.75) is 45.1 Å². The van der Waals surface area contributed by atoms with Crippen LogP contribution >= 0.6 is 0 Å². The first-order valence-electron chi connectivity index (χ1n) is 10.2. The molecular formula is C23H29N3O3. The Bertz CT molecular complexity index is 879. The SMILES string of the molecule is CCC(NC(=O)c1ccc2c(n1)CCCC2)c1ccccc1OCC(=O)N(C)C. The van der Waals surface area contributed by atoms with Gasteiger partial charge in [-0.2, -0.15) is 0 Å². The molecule has 1 aliphatic rings. The lowest BCUT2D eigenvalue weighted by molar-refractivity contribution is -0.130. The molecule has 1 N–H and O–H groups in total. The Balaban J connectivity index is 1.74. The number of aromatic nitrogens is 1. The zero-order valence-electron chi connectivity index (χ0n) is 17.4. The van der Waals surface area contributed by atoms with Crippen LogP contribution in [0.5, 0.6) is 5.75 Å². The van der Waals surface area contributed by atoms with Gasteiger partial charge in [0.15, 0.2) is 6.61 Å². The van der Waals surface area contributed by atoms with Gasteiger partial charge in [-0.05, 0) is 49.8 Å². The highest BCUT2D eigenvalue weighted by atomic mass is 16.5. The van der Waals surface area contributed by atoms with Crippen LogP contribution in [0, 0.1) is 0 Å². The molecule has 0 saturated heterocycles. The lowest BCUT2D eigenvalue weighted by atomic mass is 9.96. The van der Waals surface area contributed by atoms with E-state index in [0.29, 0.717) is 17.9 Å². The molecule has 1 aromatic carbocycles. The normalized spacial score (nSPS) is 13.9. The highest BCUT2D eigenvalue weighted by Crippen LogP contribution is 2.28. The Morgan fingerprint density at radius 3 is 2.66 bits per heavy atom. The van der Waals surface area contributed by atoms with Crippen molar-refractivity contribution < 1.29 is 14.3 Å². The summed E-state index contributed by atoms with van der Waals surface area (Å²) in [6.45, 7) is 1.97. The molecule has 2 aromatic rings. The summed E-state index contributed by atoms with van der Waals surface area (Å²) < 4.78 is 5.75. The molecule has 29 heavy (non-hydrogen) atoms. The van der Waals surface area contributed by atoms with E-state index in [2.05, 4.69) is 10.3 Å². The molecule has 1 unspecified atom stereocenters. The van der Waals surface area contributed by atoms with E-state index in [-0.39, 0.29) is 24.5 Å². The molecule has 154 valence electrons. The van der Waals surface area contributed by atoms with E-state index in [1.165, 1.54) is 16.9 Å². The standard InChI is InChI=1S/C23H29N3O3/c1-4-18(17-10-6-8-12-21(17)29-15-22(27)26(2)3)25-23(28)20-14-13-16-9-5-7-11-19(16)24-20/h6,8,10,12-14,18H,4-5,7,9,11,15H2,1-3H3,(H,25,28). The first-order chi connectivity index (χ1) is 14.0. The van der Waals surface area contributed by atoms with Crippen molar-refractivity contribution in [2.24, 2.45) is 0 Å². The van der Waals surface area contributed by atoms with E-state index in [0.717, 1.165) is 30.5 Å². The lowest BCUT2D eigenvalue weighted by Crippen LogP contribution is -2.30. The number of carbonyl (C=O) groups excluding carboxylic acids is 2. The van der Waals surface area contributed by atoms with Gasteiger partial charge in [0, 0.05) is 25.4 Å². The van der Waals surface area contributed by atoms with Crippen molar-refractivity contribution in [3.63, 3.8) is 0 Å². The van der Waals surface area contributed by atoms with Gasteiger partial charge in [0.25, 0.3) is 11.8 Å². The predicted molar refractivity (Wildman–Crippen MR) is 112 cm³/mol. The number of aryl methyl sites for hydroxylation is 2. The molecule has 0 fully saturated rings. The zero-order valence-corrected chi connectivity index (χ0v) is 17.4. The van der Waals surface area contributed by atoms with Gasteiger partial charge in [-0.3, -0.25) is 9.59 Å². The maximum atomic E-state index is 12.9. The Morgan fingerprint density at radius 2 is 1.90 bits per heavy atom. The van der Waals surface area contributed by atoms with Crippen molar-refractivity contribution in [3.8, 4) is 5.75 Å². The third-order valence-corrected chi connectivity index (χ3v) is 5.27. The second kappa shape index (κ2) is 9.54. The maximum absolute atomic E-state index is 12.9. The van der Waals surface area contributed by atoms with Gasteiger partial charge in [0.2, 0.25) is 0 Å². The molecular weight excluding hydrogens is 366 g/mol. The van der Waals surface area contributed by atoms with Crippen molar-refractivity contribution in [2.75, 3.05) is 20.7 Å². The molecule has 0 aliphatic heterocycles. The second-order valence-corrected chi connectivity index (χ2v) is 7.56. The number of hydrogen-bond acceptors (Lipinski definition) is 4. The summed E-state index contributed by atoms with van der Waals surface area (Å²) >= 11 is 0. The smallest absolute Gasteiger partial charge is 0.270 e. The molecule has 0 saturated carbocycles. The minimum Gasteiger partial charge on any atom is -0.483 e. The summed E-state index contributed by atoms with van der Waals surface area (Å²) in [6, 6.07) is 11.1. The molecule has 1 aliphatic carbocycles. The van der Waals surface area contributed by atoms with E-state index in [9.17, 15) is 9.59 Å². The van der Waals surface area contributed by atoms with Crippen molar-refractivity contribution >= 4 is 11.8 Å². The van der Waals surface area contributed by atoms with Crippen LogP contribution in [-0.4, -0.2) is 42.4 Å². The second-order valence-electron chi connectivity index (χ2n) is 7.56. The van der Waals surface area contributed by atoms with Crippen molar-refractivity contribution in [1.82, 2.24) is 15.2 Å². The Kier molecular flexibility index (Phi) is 6.86. The fourth-order valence-electron chi connectivity index (χ4n) is 3.51. The molecule has 0 spiro atoms. The van der Waals surface area contributed by atoms with Crippen LogP contribution in [0.4, 0.5) is 0 Å². The number of carbonyl (C=O) groups is 2. The summed E-state index contributed by atoms with van der Waals surface area (Å²) in [5.74, 6) is 0.299. The quantitative estimate of drug-likeness (QED) is 0.781. The van der Waals surface area contributed by atoms with Gasteiger partial charge in [-0.15, -0.1) is 0 Å². The number of likely N-dealkylation sites (N-methyl/N-ethyl adjacent to an activating group) is 1. The van der Waals surface area contributed by atoms with Crippen molar-refractivity contribution in [1.29, 1.82) is 0 Å². The molecule has 1 aromatic heterocycles. The van der Waals surface area contributed by atoms with E-state index >= 15 is 0 Å². The predicted octanol–water partition coefficient (Wildman–Crippen LogP) is 3.31. The fourth-order valence-corrected chi connectivity index (χ4v) is 3.51. The summed E-state index contributed by atoms with van der Waals surface area (Å²) in [5.41, 5.74) is 3.60. The number of rotatable bonds is 7. The van der Waals surface area contributed by atoms with Gasteiger partial charge >= 0.3 is 0 Å². The Morgan fingerprint density at radius 1 is 1.14 bits per heavy atom. The lowest BCUT2D eigenvalue weighted by Gasteiger charge is -2.21. The number of fused-ring (bicyclic) bond motifs is 1. The van der Waals surface area contributed by atoms with Gasteiger partial charge in [0.05, 0.1) is 6.04 Å². The van der Waals surface area contributed by atoms with Gasteiger partial charge in [0.1, 0.15) is 11.4 Å². The van der Waals surface area contributed by atoms with Crippen LogP contribution in [0.1, 0.15) is 59.5 Å². The van der Waals surface area contributed by atoms with Crippen LogP contribution in [0.2, 0.25) is 0 Å². The minimum atomic E-state index is -0.231. The van der Waals surface area contributed by atoms with E-state index in [1.807, 2.05) is 43.3 Å². The number of ether oxygens (including phenoxy) is 1. The topological polar surface area (TPSA) is 71.5 Å². The molecule has 6 nitrogen and oxygen atoms in total. The number of hydrogen-bond donors (Lipinski definition) is 1. The maximum Gasteiger partial charge on any atom is 0.270 e. The number of para-hydroxylation sites is 1. The monoisotopic (exact) mass is 395 g/mol. The molecule has 0 radical (unpaired) electrons. The highest BCUT2D eigenvalue weighted by molar-refractivity contribution is 5.92. The van der Waals surface area contributed by atoms with Crippen LogP contribution in [0.15, 0.2) is 36.4 Å². The molecule has 1 heterocycles. The number of nitrogens with one attached hydrogen (secondary N) is 1. The van der Waals surface area contributed by atoms with E-state index in [1.54, 1.807) is 14.1 Å². The Labute approximate surface area is 172 Å². The van der Waals surface area contributed by atoms with Crippen LogP contribution < -0.4 is 10.1 Å². The van der Waals surface area contributed by atoms with Gasteiger partial charge in [-0.25, -0.2) is 4.98 Å². The number of amides is 2. The van der Waals surface area contributed by atoms with Crippen molar-refractivity contribution in [3.05, 3.63) is 58.9 Å². The number of nitrogens with zero attached hydrogens (tertiary/aromatic N) is 2. The summed E-state index contributed by atoms with van der Waals surface area (Å²) in [5, 5.41) is 3.08. The highest BCUT2D eigenvalue weighted by Gasteiger charge is 2.20. The zero-order chi connectivity index (χ0) is 20.8. The third kappa shape index (κ3) is 5.13. The summed E-state index contributed by atoms with van der Waals surface area (Å²) in [6.07, 6.45) is 4.98. The fraction of sp³-hybridized carbons (Fsp3) is 0.435. The van der Waals surface area contributed by atoms with Gasteiger partial charge < -0.3 is 15.0 Å². The Hall–Kier alpha value is -2.89. The van der Waals surface area contributed by atoms with E-state index in [4.69, 9.17) is 4.74 Å². The van der Waals surface area contributed by atoms with Crippen LogP contribution in [0.3, 0.4) is 0 Å². The van der Waals surface area contributed by atoms with Crippen LogP contribution in [0.25, 0.3) is 0 Å². The third-order valence-electron chi connectivity index (χ3n) is 5.27. The molecule has 6 heteroatoms. The average Bonchev–Trinajstić information content (AvgIpc) is 2.75. The van der Waals surface area contributed by atoms with E-state index < -0.39 is 0 Å². The number of benzene rings is 1. The molecule has 0 bridgehead atoms. The number of pyridine rings is 1. The first-order valence-corrected chi connectivity index (χ1v) is 10.2. The largest absolute Gasteiger partial charge is 0.483 e. The van der Waals surface area contributed by atoms with Crippen LogP contribution in [-0.2, 0) is 17.6 Å². The molecule has 3 rings (SSSR count). The summed E-state index contributed by atoms with van der Waals surface area (Å²) in [7, 11) is 3.39. The molecule has 1 atom stereocenters. The van der Waals surface area contributed by atoms with Gasteiger partial charge in [-0.1, -0.05) is 31.2 Å². The average molecular weight is 396 g/mol. The summed E-state index contributed by atoms with van der Waals surface area (Å²) in [4.78, 5) is 30.8. The first kappa shape index (κ1) is 20.8. The molecule has 2 amide bonds. The minimum absolute atomic E-state index is 0.0409.